The molecule has 1 aliphatic heterocycles. The van der Waals surface area contributed by atoms with Gasteiger partial charge in [0.05, 0.1) is 12.5 Å². The average molecular weight is 315 g/mol. The number of amides is 2. The van der Waals surface area contributed by atoms with E-state index >= 15 is 0 Å². The first-order valence-corrected chi connectivity index (χ1v) is 8.05. The van der Waals surface area contributed by atoms with Gasteiger partial charge in [0, 0.05) is 29.7 Å². The zero-order valence-corrected chi connectivity index (χ0v) is 13.1. The molecular formula is C16H17N3O2S. The van der Waals surface area contributed by atoms with Crippen molar-refractivity contribution in [2.75, 3.05) is 11.4 Å². The van der Waals surface area contributed by atoms with Gasteiger partial charge in [0.25, 0.3) is 0 Å². The Bertz CT molecular complexity index is 684. The molecule has 2 aromatic rings. The number of carbonyl (C=O) groups excluding carboxylic acids is 2. The maximum Gasteiger partial charge on any atom is 0.227 e. The molecular weight excluding hydrogens is 298 g/mol. The van der Waals surface area contributed by atoms with Crippen LogP contribution in [-0.4, -0.2) is 23.3 Å². The Kier molecular flexibility index (Phi) is 4.20. The molecule has 1 aromatic heterocycles. The molecule has 1 saturated heterocycles. The molecule has 0 radical (unpaired) electrons. The number of benzene rings is 1. The Hall–Kier alpha value is -2.21. The minimum atomic E-state index is -0.297. The second-order valence-corrected chi connectivity index (χ2v) is 6.28. The van der Waals surface area contributed by atoms with E-state index < -0.39 is 0 Å². The van der Waals surface area contributed by atoms with Crippen LogP contribution >= 0.6 is 11.3 Å². The van der Waals surface area contributed by atoms with Gasteiger partial charge in [-0.15, -0.1) is 11.3 Å². The minimum absolute atomic E-state index is 0.00329. The molecule has 0 aliphatic carbocycles. The van der Waals surface area contributed by atoms with Crippen LogP contribution in [0.3, 0.4) is 0 Å². The SMILES string of the molecule is Cc1csc(CNC(=O)C2CC(=O)N(c3ccccc3)C2)n1. The largest absolute Gasteiger partial charge is 0.349 e. The third kappa shape index (κ3) is 3.17. The van der Waals surface area contributed by atoms with Crippen molar-refractivity contribution in [1.29, 1.82) is 0 Å². The molecule has 114 valence electrons. The van der Waals surface area contributed by atoms with Crippen LogP contribution in [0.4, 0.5) is 5.69 Å². The van der Waals surface area contributed by atoms with E-state index in [0.29, 0.717) is 13.1 Å². The van der Waals surface area contributed by atoms with Crippen LogP contribution in [0.15, 0.2) is 35.7 Å². The number of rotatable bonds is 4. The molecule has 5 nitrogen and oxygen atoms in total. The molecule has 1 unspecified atom stereocenters. The van der Waals surface area contributed by atoms with Crippen molar-refractivity contribution in [3.05, 3.63) is 46.4 Å². The number of para-hydroxylation sites is 1. The van der Waals surface area contributed by atoms with E-state index in [-0.39, 0.29) is 24.2 Å². The van der Waals surface area contributed by atoms with Gasteiger partial charge in [-0.3, -0.25) is 9.59 Å². The number of anilines is 1. The maximum absolute atomic E-state index is 12.2. The van der Waals surface area contributed by atoms with E-state index in [1.807, 2.05) is 42.6 Å². The van der Waals surface area contributed by atoms with Crippen molar-refractivity contribution in [3.8, 4) is 0 Å². The fourth-order valence-electron chi connectivity index (χ4n) is 2.53. The molecule has 0 spiro atoms. The lowest BCUT2D eigenvalue weighted by Gasteiger charge is -2.16. The molecule has 1 aliphatic rings. The van der Waals surface area contributed by atoms with Gasteiger partial charge in [0.15, 0.2) is 0 Å². The lowest BCUT2D eigenvalue weighted by atomic mass is 10.1. The summed E-state index contributed by atoms with van der Waals surface area (Å²) in [6.07, 6.45) is 0.262. The first-order chi connectivity index (χ1) is 10.6. The predicted octanol–water partition coefficient (Wildman–Crippen LogP) is 2.12. The zero-order valence-electron chi connectivity index (χ0n) is 12.3. The number of aryl methyl sites for hydroxylation is 1. The molecule has 0 bridgehead atoms. The summed E-state index contributed by atoms with van der Waals surface area (Å²) in [5.41, 5.74) is 1.80. The third-order valence-corrected chi connectivity index (χ3v) is 4.61. The summed E-state index contributed by atoms with van der Waals surface area (Å²) in [5, 5.41) is 5.72. The van der Waals surface area contributed by atoms with E-state index in [9.17, 15) is 9.59 Å². The molecule has 2 amide bonds. The van der Waals surface area contributed by atoms with Crippen LogP contribution in [0.2, 0.25) is 0 Å². The fourth-order valence-corrected chi connectivity index (χ4v) is 3.24. The van der Waals surface area contributed by atoms with Crippen molar-refractivity contribution in [1.82, 2.24) is 10.3 Å². The molecule has 1 atom stereocenters. The van der Waals surface area contributed by atoms with Crippen molar-refractivity contribution >= 4 is 28.8 Å². The van der Waals surface area contributed by atoms with Crippen molar-refractivity contribution in [2.45, 2.75) is 19.9 Å². The summed E-state index contributed by atoms with van der Waals surface area (Å²) >= 11 is 1.53. The van der Waals surface area contributed by atoms with E-state index in [4.69, 9.17) is 0 Å². The van der Waals surface area contributed by atoms with Crippen LogP contribution in [0.5, 0.6) is 0 Å². The molecule has 22 heavy (non-hydrogen) atoms. The van der Waals surface area contributed by atoms with E-state index in [1.165, 1.54) is 11.3 Å². The lowest BCUT2D eigenvalue weighted by molar-refractivity contribution is -0.126. The van der Waals surface area contributed by atoms with E-state index in [0.717, 1.165) is 16.4 Å². The third-order valence-electron chi connectivity index (χ3n) is 3.64. The highest BCUT2D eigenvalue weighted by Gasteiger charge is 2.34. The van der Waals surface area contributed by atoms with Gasteiger partial charge in [-0.2, -0.15) is 0 Å². The molecule has 2 heterocycles. The van der Waals surface area contributed by atoms with Crippen LogP contribution in [-0.2, 0) is 16.1 Å². The van der Waals surface area contributed by atoms with Gasteiger partial charge < -0.3 is 10.2 Å². The quantitative estimate of drug-likeness (QED) is 0.940. The topological polar surface area (TPSA) is 62.3 Å². The molecule has 3 rings (SSSR count). The number of carbonyl (C=O) groups is 2. The Balaban J connectivity index is 1.59. The summed E-state index contributed by atoms with van der Waals surface area (Å²) < 4.78 is 0. The van der Waals surface area contributed by atoms with Gasteiger partial charge >= 0.3 is 0 Å². The summed E-state index contributed by atoms with van der Waals surface area (Å²) in [7, 11) is 0. The number of hydrogen-bond acceptors (Lipinski definition) is 4. The average Bonchev–Trinajstić information content (AvgIpc) is 3.12. The molecule has 0 saturated carbocycles. The lowest BCUT2D eigenvalue weighted by Crippen LogP contribution is -2.32. The Morgan fingerprint density at radius 3 is 2.86 bits per heavy atom. The van der Waals surface area contributed by atoms with Gasteiger partial charge in [-0.05, 0) is 19.1 Å². The van der Waals surface area contributed by atoms with E-state index in [1.54, 1.807) is 4.90 Å². The Morgan fingerprint density at radius 2 is 2.18 bits per heavy atom. The van der Waals surface area contributed by atoms with Crippen molar-refractivity contribution in [3.63, 3.8) is 0 Å². The zero-order chi connectivity index (χ0) is 15.5. The van der Waals surface area contributed by atoms with Crippen LogP contribution in [0.1, 0.15) is 17.1 Å². The van der Waals surface area contributed by atoms with E-state index in [2.05, 4.69) is 10.3 Å². The number of hydrogen-bond donors (Lipinski definition) is 1. The minimum Gasteiger partial charge on any atom is -0.349 e. The summed E-state index contributed by atoms with van der Waals surface area (Å²) in [6, 6.07) is 9.46. The normalized spacial score (nSPS) is 17.8. The second-order valence-electron chi connectivity index (χ2n) is 5.34. The smallest absolute Gasteiger partial charge is 0.227 e. The maximum atomic E-state index is 12.2. The van der Waals surface area contributed by atoms with Gasteiger partial charge in [-0.25, -0.2) is 4.98 Å². The first-order valence-electron chi connectivity index (χ1n) is 7.17. The molecule has 1 N–H and O–H groups in total. The fraction of sp³-hybridized carbons (Fsp3) is 0.312. The summed E-state index contributed by atoms with van der Waals surface area (Å²) in [6.45, 7) is 2.79. The number of aromatic nitrogens is 1. The summed E-state index contributed by atoms with van der Waals surface area (Å²) in [4.78, 5) is 30.3. The van der Waals surface area contributed by atoms with Crippen LogP contribution in [0, 0.1) is 12.8 Å². The number of thiazole rings is 1. The number of nitrogens with zero attached hydrogens (tertiary/aromatic N) is 2. The standard InChI is InChI=1S/C16H17N3O2S/c1-11-10-22-14(18-11)8-17-16(21)12-7-15(20)19(9-12)13-5-3-2-4-6-13/h2-6,10,12H,7-9H2,1H3,(H,17,21). The highest BCUT2D eigenvalue weighted by atomic mass is 32.1. The second kappa shape index (κ2) is 6.27. The molecule has 1 aromatic carbocycles. The number of nitrogens with one attached hydrogen (secondary N) is 1. The van der Waals surface area contributed by atoms with Crippen molar-refractivity contribution in [2.24, 2.45) is 5.92 Å². The Morgan fingerprint density at radius 1 is 1.41 bits per heavy atom. The summed E-state index contributed by atoms with van der Waals surface area (Å²) in [5.74, 6) is -0.384. The van der Waals surface area contributed by atoms with Crippen molar-refractivity contribution < 1.29 is 9.59 Å². The van der Waals surface area contributed by atoms with Gasteiger partial charge in [-0.1, -0.05) is 18.2 Å². The van der Waals surface area contributed by atoms with Gasteiger partial charge in [0.2, 0.25) is 11.8 Å². The predicted molar refractivity (Wildman–Crippen MR) is 85.6 cm³/mol. The van der Waals surface area contributed by atoms with Crippen LogP contribution in [0.25, 0.3) is 0 Å². The van der Waals surface area contributed by atoms with Crippen LogP contribution < -0.4 is 10.2 Å². The highest BCUT2D eigenvalue weighted by molar-refractivity contribution is 7.09. The molecule has 6 heteroatoms. The Labute approximate surface area is 133 Å². The monoisotopic (exact) mass is 315 g/mol. The highest BCUT2D eigenvalue weighted by Crippen LogP contribution is 2.24. The first kappa shape index (κ1) is 14.7. The molecule has 1 fully saturated rings. The van der Waals surface area contributed by atoms with Gasteiger partial charge in [0.1, 0.15) is 5.01 Å².